The Morgan fingerprint density at radius 3 is 1.48 bits per heavy atom. The molecule has 0 atom stereocenters. The quantitative estimate of drug-likeness (QED) is 0.213. The van der Waals surface area contributed by atoms with Crippen LogP contribution in [0.1, 0.15) is 0 Å². The molecule has 0 amide bonds. The van der Waals surface area contributed by atoms with Crippen molar-refractivity contribution in [2.75, 3.05) is 5.32 Å². The summed E-state index contributed by atoms with van der Waals surface area (Å²) in [6.45, 7) is 0. The normalized spacial score (nSPS) is 11.2. The summed E-state index contributed by atoms with van der Waals surface area (Å²) in [5.41, 5.74) is 13.0. The van der Waals surface area contributed by atoms with Crippen molar-refractivity contribution in [1.29, 1.82) is 0 Å². The molecule has 7 aromatic carbocycles. The van der Waals surface area contributed by atoms with Crippen LogP contribution in [0.3, 0.4) is 0 Å². The summed E-state index contributed by atoms with van der Waals surface area (Å²) in [5.74, 6) is 0. The monoisotopic (exact) mass is 562 g/mol. The molecular weight excluding hydrogens is 532 g/mol. The molecule has 8 rings (SSSR count). The van der Waals surface area contributed by atoms with Gasteiger partial charge in [0.15, 0.2) is 0 Å². The molecular formula is C42H30N2. The number of rotatable bonds is 6. The number of nitrogens with zero attached hydrogens (tertiary/aromatic N) is 1. The predicted octanol–water partition coefficient (Wildman–Crippen LogP) is 11.5. The van der Waals surface area contributed by atoms with Gasteiger partial charge in [-0.1, -0.05) is 121 Å². The van der Waals surface area contributed by atoms with Gasteiger partial charge < -0.3 is 9.88 Å². The first-order chi connectivity index (χ1) is 21.8. The van der Waals surface area contributed by atoms with Gasteiger partial charge in [-0.15, -0.1) is 0 Å². The first-order valence-corrected chi connectivity index (χ1v) is 15.0. The molecule has 2 nitrogen and oxygen atoms in total. The maximum Gasteiger partial charge on any atom is 0.0541 e. The largest absolute Gasteiger partial charge is 0.356 e. The molecule has 0 aliphatic carbocycles. The third-order valence-corrected chi connectivity index (χ3v) is 8.38. The smallest absolute Gasteiger partial charge is 0.0541 e. The number of hydrogen-bond donors (Lipinski definition) is 1. The van der Waals surface area contributed by atoms with Gasteiger partial charge in [0, 0.05) is 27.8 Å². The molecule has 1 heterocycles. The third-order valence-electron chi connectivity index (χ3n) is 8.38. The van der Waals surface area contributed by atoms with Gasteiger partial charge in [0.2, 0.25) is 0 Å². The van der Waals surface area contributed by atoms with E-state index in [9.17, 15) is 0 Å². The van der Waals surface area contributed by atoms with Crippen molar-refractivity contribution in [2.45, 2.75) is 0 Å². The van der Waals surface area contributed by atoms with E-state index in [2.05, 4.69) is 180 Å². The highest BCUT2D eigenvalue weighted by Crippen LogP contribution is 2.34. The van der Waals surface area contributed by atoms with Crippen molar-refractivity contribution in [3.8, 4) is 39.1 Å². The van der Waals surface area contributed by atoms with Gasteiger partial charge in [0.05, 0.1) is 11.0 Å². The van der Waals surface area contributed by atoms with Gasteiger partial charge in [-0.05, 0) is 88.0 Å². The van der Waals surface area contributed by atoms with Crippen LogP contribution in [0.15, 0.2) is 176 Å². The van der Waals surface area contributed by atoms with Gasteiger partial charge >= 0.3 is 0 Å². The topological polar surface area (TPSA) is 17.0 Å². The second-order valence-corrected chi connectivity index (χ2v) is 11.1. The first kappa shape index (κ1) is 25.8. The zero-order valence-electron chi connectivity index (χ0n) is 24.2. The second kappa shape index (κ2) is 11.1. The van der Waals surface area contributed by atoms with E-state index in [1.807, 2.05) is 6.07 Å². The van der Waals surface area contributed by atoms with E-state index in [0.29, 0.717) is 0 Å². The van der Waals surface area contributed by atoms with E-state index >= 15 is 0 Å². The maximum absolute atomic E-state index is 3.58. The Labute approximate surface area is 257 Å². The Morgan fingerprint density at radius 2 is 0.795 bits per heavy atom. The Bertz CT molecular complexity index is 2170. The van der Waals surface area contributed by atoms with Gasteiger partial charge in [0.1, 0.15) is 0 Å². The summed E-state index contributed by atoms with van der Waals surface area (Å²) >= 11 is 0. The number of para-hydroxylation sites is 2. The molecule has 1 N–H and O–H groups in total. The third kappa shape index (κ3) is 4.83. The van der Waals surface area contributed by atoms with Crippen LogP contribution < -0.4 is 5.32 Å². The Kier molecular flexibility index (Phi) is 6.51. The molecule has 0 bridgehead atoms. The molecule has 44 heavy (non-hydrogen) atoms. The van der Waals surface area contributed by atoms with Crippen LogP contribution in [0.2, 0.25) is 0 Å². The fraction of sp³-hybridized carbons (Fsp3) is 0. The summed E-state index contributed by atoms with van der Waals surface area (Å²) < 4.78 is 2.36. The van der Waals surface area contributed by atoms with Gasteiger partial charge in [-0.25, -0.2) is 0 Å². The van der Waals surface area contributed by atoms with Crippen molar-refractivity contribution in [1.82, 2.24) is 4.57 Å². The summed E-state index contributed by atoms with van der Waals surface area (Å²) in [4.78, 5) is 0. The molecule has 0 saturated carbocycles. The van der Waals surface area contributed by atoms with Crippen molar-refractivity contribution in [2.24, 2.45) is 0 Å². The molecule has 2 heteroatoms. The van der Waals surface area contributed by atoms with Gasteiger partial charge in [-0.2, -0.15) is 0 Å². The molecule has 0 aliphatic rings. The molecule has 0 fully saturated rings. The van der Waals surface area contributed by atoms with Crippen molar-refractivity contribution >= 4 is 33.2 Å². The van der Waals surface area contributed by atoms with Crippen molar-refractivity contribution in [3.05, 3.63) is 176 Å². The fourth-order valence-corrected chi connectivity index (χ4v) is 6.20. The van der Waals surface area contributed by atoms with E-state index in [4.69, 9.17) is 0 Å². The van der Waals surface area contributed by atoms with Gasteiger partial charge in [0.25, 0.3) is 0 Å². The molecule has 0 aliphatic heterocycles. The summed E-state index contributed by atoms with van der Waals surface area (Å²) in [6.07, 6.45) is 0. The highest BCUT2D eigenvalue weighted by atomic mass is 15.0. The second-order valence-electron chi connectivity index (χ2n) is 11.1. The lowest BCUT2D eigenvalue weighted by molar-refractivity contribution is 1.18. The zero-order valence-corrected chi connectivity index (χ0v) is 24.2. The SMILES string of the molecule is c1ccc(-c2ccc(Nc3cccc(-c4cccc(-c5ccc(-n6c7ccccc7c7ccccc76)cc5)c4)c3)cc2)cc1. The number of nitrogens with one attached hydrogen (secondary N) is 1. The Balaban J connectivity index is 1.06. The summed E-state index contributed by atoms with van der Waals surface area (Å²) in [6, 6.07) is 62.7. The fourth-order valence-electron chi connectivity index (χ4n) is 6.20. The molecule has 0 unspecified atom stereocenters. The first-order valence-electron chi connectivity index (χ1n) is 15.0. The lowest BCUT2D eigenvalue weighted by Gasteiger charge is -2.12. The number of benzene rings is 7. The summed E-state index contributed by atoms with van der Waals surface area (Å²) in [7, 11) is 0. The zero-order chi connectivity index (χ0) is 29.3. The van der Waals surface area contributed by atoms with E-state index in [1.54, 1.807) is 0 Å². The highest BCUT2D eigenvalue weighted by Gasteiger charge is 2.11. The average molecular weight is 563 g/mol. The number of aromatic nitrogens is 1. The minimum absolute atomic E-state index is 1.07. The van der Waals surface area contributed by atoms with Crippen LogP contribution in [0, 0.1) is 0 Å². The lowest BCUT2D eigenvalue weighted by atomic mass is 9.98. The van der Waals surface area contributed by atoms with Crippen LogP contribution in [-0.4, -0.2) is 4.57 Å². The van der Waals surface area contributed by atoms with E-state index in [1.165, 1.54) is 55.2 Å². The Hall–Kier alpha value is -5.86. The molecule has 0 spiro atoms. The molecule has 0 radical (unpaired) electrons. The molecule has 0 saturated heterocycles. The summed E-state index contributed by atoms with van der Waals surface area (Å²) in [5, 5.41) is 6.14. The van der Waals surface area contributed by atoms with Crippen molar-refractivity contribution < 1.29 is 0 Å². The lowest BCUT2D eigenvalue weighted by Crippen LogP contribution is -1.93. The van der Waals surface area contributed by atoms with Crippen LogP contribution in [0.5, 0.6) is 0 Å². The average Bonchev–Trinajstić information content (AvgIpc) is 3.44. The Morgan fingerprint density at radius 1 is 0.318 bits per heavy atom. The van der Waals surface area contributed by atoms with E-state index < -0.39 is 0 Å². The van der Waals surface area contributed by atoms with E-state index in [-0.39, 0.29) is 0 Å². The number of hydrogen-bond acceptors (Lipinski definition) is 1. The van der Waals surface area contributed by atoms with Crippen LogP contribution in [0.4, 0.5) is 11.4 Å². The standard InChI is InChI=1S/C42H30N2/c1-2-10-30(11-3-1)31-20-24-36(25-21-31)43-37-15-9-14-35(29-37)34-13-8-12-33(28-34)32-22-26-38(27-23-32)44-41-18-6-4-16-39(41)40-17-5-7-19-42(40)44/h1-29,43H. The van der Waals surface area contributed by atoms with Crippen LogP contribution in [0.25, 0.3) is 60.9 Å². The molecule has 1 aromatic heterocycles. The maximum atomic E-state index is 3.58. The van der Waals surface area contributed by atoms with Crippen LogP contribution >= 0.6 is 0 Å². The van der Waals surface area contributed by atoms with Crippen LogP contribution in [-0.2, 0) is 0 Å². The minimum Gasteiger partial charge on any atom is -0.356 e. The minimum atomic E-state index is 1.07. The molecule has 8 aromatic rings. The molecule has 208 valence electrons. The van der Waals surface area contributed by atoms with Gasteiger partial charge in [-0.3, -0.25) is 0 Å². The predicted molar refractivity (Wildman–Crippen MR) is 187 cm³/mol. The highest BCUT2D eigenvalue weighted by molar-refractivity contribution is 6.09. The number of fused-ring (bicyclic) bond motifs is 3. The van der Waals surface area contributed by atoms with E-state index in [0.717, 1.165) is 17.1 Å². The number of anilines is 2. The van der Waals surface area contributed by atoms with Crippen molar-refractivity contribution in [3.63, 3.8) is 0 Å².